The Morgan fingerprint density at radius 3 is 2.29 bits per heavy atom. The van der Waals surface area contributed by atoms with Crippen molar-refractivity contribution in [3.05, 3.63) is 29.8 Å². The Morgan fingerprint density at radius 2 is 1.71 bits per heavy atom. The molecule has 2 aliphatic rings. The summed E-state index contributed by atoms with van der Waals surface area (Å²) in [7, 11) is 0. The maximum absolute atomic E-state index is 12.7. The molecular weight excluding hydrogens is 356 g/mol. The zero-order valence-electron chi connectivity index (χ0n) is 17.5. The molecule has 6 nitrogen and oxygen atoms in total. The van der Waals surface area contributed by atoms with Crippen LogP contribution >= 0.6 is 0 Å². The fourth-order valence-corrected chi connectivity index (χ4v) is 4.04. The molecule has 3 rings (SSSR count). The Kier molecular flexibility index (Phi) is 6.10. The van der Waals surface area contributed by atoms with E-state index in [4.69, 9.17) is 9.47 Å². The van der Waals surface area contributed by atoms with Crippen LogP contribution in [0.1, 0.15) is 52.5 Å². The van der Waals surface area contributed by atoms with Gasteiger partial charge < -0.3 is 19.3 Å². The number of carbonyl (C=O) groups excluding carboxylic acids is 2. The Bertz CT molecular complexity index is 709. The van der Waals surface area contributed by atoms with E-state index in [0.717, 1.165) is 11.3 Å². The molecule has 2 aliphatic heterocycles. The first-order chi connectivity index (χ1) is 13.2. The topological polar surface area (TPSA) is 59.1 Å². The quantitative estimate of drug-likeness (QED) is 0.795. The van der Waals surface area contributed by atoms with Crippen LogP contribution in [0.5, 0.6) is 0 Å². The second kappa shape index (κ2) is 8.21. The van der Waals surface area contributed by atoms with E-state index in [1.807, 2.05) is 23.1 Å². The number of anilines is 1. The zero-order chi connectivity index (χ0) is 20.4. The molecule has 154 valence electrons. The maximum Gasteiger partial charge on any atom is 0.224 e. The summed E-state index contributed by atoms with van der Waals surface area (Å²) in [6.45, 7) is 10.9. The van der Waals surface area contributed by atoms with Crippen molar-refractivity contribution in [3.8, 4) is 0 Å². The number of para-hydroxylation sites is 1. The largest absolute Gasteiger partial charge is 0.347 e. The zero-order valence-corrected chi connectivity index (χ0v) is 17.5. The third kappa shape index (κ3) is 4.55. The van der Waals surface area contributed by atoms with Gasteiger partial charge in [-0.3, -0.25) is 9.59 Å². The van der Waals surface area contributed by atoms with Gasteiger partial charge in [0.25, 0.3) is 0 Å². The molecule has 0 N–H and O–H groups in total. The predicted octanol–water partition coefficient (Wildman–Crippen LogP) is 3.09. The van der Waals surface area contributed by atoms with Crippen LogP contribution in [0.25, 0.3) is 0 Å². The standard InChI is InChI=1S/C22H32N2O4/c1-17(25)24(19-8-6-5-7-18(19)21(2,3)4)12-9-20(26)23-13-10-22(11-14-23)27-15-16-28-22/h5-8H,9-16H2,1-4H3. The van der Waals surface area contributed by atoms with Crippen molar-refractivity contribution in [3.63, 3.8) is 0 Å². The summed E-state index contributed by atoms with van der Waals surface area (Å²) in [6.07, 6.45) is 1.73. The van der Waals surface area contributed by atoms with Gasteiger partial charge in [-0.15, -0.1) is 0 Å². The highest BCUT2D eigenvalue weighted by Crippen LogP contribution is 2.33. The summed E-state index contributed by atoms with van der Waals surface area (Å²) in [4.78, 5) is 28.7. The predicted molar refractivity (Wildman–Crippen MR) is 108 cm³/mol. The fourth-order valence-electron chi connectivity index (χ4n) is 4.04. The van der Waals surface area contributed by atoms with Gasteiger partial charge in [-0.2, -0.15) is 0 Å². The molecule has 0 unspecified atom stereocenters. The van der Waals surface area contributed by atoms with Crippen LogP contribution in [0.4, 0.5) is 5.69 Å². The van der Waals surface area contributed by atoms with Crippen molar-refractivity contribution >= 4 is 17.5 Å². The lowest BCUT2D eigenvalue weighted by Crippen LogP contribution is -2.48. The third-order valence-corrected chi connectivity index (χ3v) is 5.62. The number of benzene rings is 1. The van der Waals surface area contributed by atoms with Crippen LogP contribution < -0.4 is 4.90 Å². The summed E-state index contributed by atoms with van der Waals surface area (Å²) >= 11 is 0. The summed E-state index contributed by atoms with van der Waals surface area (Å²) < 4.78 is 11.5. The molecule has 2 saturated heterocycles. The van der Waals surface area contributed by atoms with E-state index in [9.17, 15) is 9.59 Å². The number of ether oxygens (including phenoxy) is 2. The molecule has 0 saturated carbocycles. The van der Waals surface area contributed by atoms with Gasteiger partial charge in [0.2, 0.25) is 11.8 Å². The van der Waals surface area contributed by atoms with Gasteiger partial charge >= 0.3 is 0 Å². The molecule has 0 bridgehead atoms. The molecule has 2 heterocycles. The smallest absolute Gasteiger partial charge is 0.224 e. The van der Waals surface area contributed by atoms with Crippen LogP contribution in [0, 0.1) is 0 Å². The average molecular weight is 389 g/mol. The Balaban J connectivity index is 1.63. The van der Waals surface area contributed by atoms with Gasteiger partial charge in [0.05, 0.1) is 13.2 Å². The molecule has 1 aromatic rings. The molecule has 6 heteroatoms. The van der Waals surface area contributed by atoms with E-state index >= 15 is 0 Å². The Morgan fingerprint density at radius 1 is 1.11 bits per heavy atom. The highest BCUT2D eigenvalue weighted by atomic mass is 16.7. The van der Waals surface area contributed by atoms with Crippen molar-refractivity contribution in [1.82, 2.24) is 4.90 Å². The highest BCUT2D eigenvalue weighted by Gasteiger charge is 2.40. The minimum Gasteiger partial charge on any atom is -0.347 e. The van der Waals surface area contributed by atoms with Crippen molar-refractivity contribution in [2.24, 2.45) is 0 Å². The normalized spacial score (nSPS) is 19.1. The monoisotopic (exact) mass is 388 g/mol. The molecule has 1 spiro atoms. The minimum atomic E-state index is -0.478. The van der Waals surface area contributed by atoms with Crippen molar-refractivity contribution < 1.29 is 19.1 Å². The third-order valence-electron chi connectivity index (χ3n) is 5.62. The summed E-state index contributed by atoms with van der Waals surface area (Å²) in [5.74, 6) is -0.449. The lowest BCUT2D eigenvalue weighted by molar-refractivity contribution is -0.187. The first-order valence-corrected chi connectivity index (χ1v) is 10.2. The van der Waals surface area contributed by atoms with E-state index in [2.05, 4.69) is 26.8 Å². The average Bonchev–Trinajstić information content (AvgIpc) is 3.09. The lowest BCUT2D eigenvalue weighted by atomic mass is 9.85. The van der Waals surface area contributed by atoms with Gasteiger partial charge in [-0.1, -0.05) is 39.0 Å². The lowest BCUT2D eigenvalue weighted by Gasteiger charge is -2.38. The number of amides is 2. The molecule has 0 aliphatic carbocycles. The number of hydrogen-bond acceptors (Lipinski definition) is 4. The Hall–Kier alpha value is -1.92. The molecule has 0 radical (unpaired) electrons. The van der Waals surface area contributed by atoms with Gasteiger partial charge in [0, 0.05) is 51.5 Å². The molecular formula is C22H32N2O4. The summed E-state index contributed by atoms with van der Waals surface area (Å²) in [6, 6.07) is 7.95. The number of nitrogens with zero attached hydrogens (tertiary/aromatic N) is 2. The maximum atomic E-state index is 12.7. The number of likely N-dealkylation sites (tertiary alicyclic amines) is 1. The highest BCUT2D eigenvalue weighted by molar-refractivity contribution is 5.93. The van der Waals surface area contributed by atoms with E-state index in [0.29, 0.717) is 52.1 Å². The molecule has 28 heavy (non-hydrogen) atoms. The van der Waals surface area contributed by atoms with Crippen LogP contribution in [-0.2, 0) is 24.5 Å². The van der Waals surface area contributed by atoms with E-state index < -0.39 is 5.79 Å². The molecule has 0 aromatic heterocycles. The Labute approximate surface area is 167 Å². The number of piperidine rings is 1. The second-order valence-corrected chi connectivity index (χ2v) is 8.68. The van der Waals surface area contributed by atoms with Crippen LogP contribution in [0.2, 0.25) is 0 Å². The number of rotatable bonds is 4. The van der Waals surface area contributed by atoms with Gasteiger partial charge in [0.1, 0.15) is 0 Å². The van der Waals surface area contributed by atoms with E-state index in [-0.39, 0.29) is 17.2 Å². The van der Waals surface area contributed by atoms with E-state index in [1.54, 1.807) is 11.8 Å². The summed E-state index contributed by atoms with van der Waals surface area (Å²) in [5.41, 5.74) is 1.91. The fraction of sp³-hybridized carbons (Fsp3) is 0.636. The van der Waals surface area contributed by atoms with Gasteiger partial charge in [0.15, 0.2) is 5.79 Å². The first kappa shape index (κ1) is 20.8. The molecule has 2 fully saturated rings. The molecule has 1 aromatic carbocycles. The van der Waals surface area contributed by atoms with Crippen LogP contribution in [-0.4, -0.2) is 55.3 Å². The molecule has 0 atom stereocenters. The number of carbonyl (C=O) groups is 2. The number of hydrogen-bond donors (Lipinski definition) is 0. The second-order valence-electron chi connectivity index (χ2n) is 8.68. The molecule has 2 amide bonds. The van der Waals surface area contributed by atoms with Crippen molar-refractivity contribution in [1.29, 1.82) is 0 Å². The van der Waals surface area contributed by atoms with Crippen LogP contribution in [0.3, 0.4) is 0 Å². The summed E-state index contributed by atoms with van der Waals surface area (Å²) in [5, 5.41) is 0. The van der Waals surface area contributed by atoms with Gasteiger partial charge in [-0.05, 0) is 17.0 Å². The van der Waals surface area contributed by atoms with Crippen molar-refractivity contribution in [2.75, 3.05) is 37.7 Å². The van der Waals surface area contributed by atoms with E-state index in [1.165, 1.54) is 0 Å². The SMILES string of the molecule is CC(=O)N(CCC(=O)N1CCC2(CC1)OCCO2)c1ccccc1C(C)(C)C. The van der Waals surface area contributed by atoms with Crippen LogP contribution in [0.15, 0.2) is 24.3 Å². The van der Waals surface area contributed by atoms with Crippen molar-refractivity contribution in [2.45, 2.75) is 58.2 Å². The first-order valence-electron chi connectivity index (χ1n) is 10.2. The minimum absolute atomic E-state index is 0.0464. The van der Waals surface area contributed by atoms with Gasteiger partial charge in [-0.25, -0.2) is 0 Å².